The molecule has 0 aliphatic heterocycles. The van der Waals surface area contributed by atoms with Crippen LogP contribution in [0.4, 0.5) is 3.89 Å². The van der Waals surface area contributed by atoms with Crippen molar-refractivity contribution in [3.05, 3.63) is 29.8 Å². The molecule has 1 radical (unpaired) electrons. The van der Waals surface area contributed by atoms with Crippen LogP contribution in [0.5, 0.6) is 0 Å². The zero-order chi connectivity index (χ0) is 9.19. The summed E-state index contributed by atoms with van der Waals surface area (Å²) in [5.74, 6) is 0. The van der Waals surface area contributed by atoms with Gasteiger partial charge in [-0.05, 0) is 12.1 Å². The molecule has 0 bridgehead atoms. The number of hydrogen-bond donors (Lipinski definition) is 0. The molecule has 1 aromatic carbocycles. The lowest BCUT2D eigenvalue weighted by Gasteiger charge is -1.93. The highest BCUT2D eigenvalue weighted by molar-refractivity contribution is 7.86. The smallest absolute Gasteiger partial charge is 0.285 e. The summed E-state index contributed by atoms with van der Waals surface area (Å²) in [6.45, 7) is 0. The predicted octanol–water partition coefficient (Wildman–Crippen LogP) is 0.803. The van der Waals surface area contributed by atoms with Gasteiger partial charge in [0.2, 0.25) is 6.29 Å². The minimum absolute atomic E-state index is 0.00808. The molecule has 0 saturated carbocycles. The van der Waals surface area contributed by atoms with Gasteiger partial charge in [-0.15, -0.1) is 3.89 Å². The lowest BCUT2D eigenvalue weighted by molar-refractivity contribution is 0.552. The maximum atomic E-state index is 12.3. The molecular formula is C7H4FO3S. The molecule has 0 unspecified atom stereocenters. The van der Waals surface area contributed by atoms with E-state index in [0.29, 0.717) is 0 Å². The molecule has 0 heterocycles. The number of rotatable bonds is 2. The van der Waals surface area contributed by atoms with Crippen LogP contribution < -0.4 is 0 Å². The van der Waals surface area contributed by atoms with Crippen molar-refractivity contribution in [1.29, 1.82) is 0 Å². The van der Waals surface area contributed by atoms with Crippen LogP contribution in [-0.2, 0) is 15.0 Å². The SMILES string of the molecule is O=[C]c1cccc(S(=O)(=O)F)c1. The van der Waals surface area contributed by atoms with Crippen LogP contribution in [0.15, 0.2) is 29.2 Å². The Labute approximate surface area is 69.0 Å². The number of carbonyl (C=O) groups excluding carboxylic acids is 1. The third kappa shape index (κ3) is 1.88. The van der Waals surface area contributed by atoms with Crippen LogP contribution in [-0.4, -0.2) is 14.7 Å². The van der Waals surface area contributed by atoms with E-state index in [4.69, 9.17) is 0 Å². The first-order valence-corrected chi connectivity index (χ1v) is 4.35. The molecule has 63 valence electrons. The summed E-state index contributed by atoms with van der Waals surface area (Å²) in [5.41, 5.74) is 0.00808. The summed E-state index contributed by atoms with van der Waals surface area (Å²) < 4.78 is 32.9. The molecular weight excluding hydrogens is 183 g/mol. The molecule has 0 fully saturated rings. The Morgan fingerprint density at radius 2 is 2.00 bits per heavy atom. The first kappa shape index (κ1) is 8.86. The van der Waals surface area contributed by atoms with E-state index in [-0.39, 0.29) is 5.56 Å². The molecule has 1 aromatic rings. The molecule has 0 saturated heterocycles. The molecule has 0 aliphatic rings. The monoisotopic (exact) mass is 187 g/mol. The summed E-state index contributed by atoms with van der Waals surface area (Å²) in [7, 11) is -4.71. The van der Waals surface area contributed by atoms with Crippen LogP contribution in [0.1, 0.15) is 5.56 Å². The molecule has 0 aromatic heterocycles. The van der Waals surface area contributed by atoms with E-state index in [2.05, 4.69) is 0 Å². The van der Waals surface area contributed by atoms with Crippen LogP contribution >= 0.6 is 0 Å². The molecule has 0 N–H and O–H groups in total. The van der Waals surface area contributed by atoms with E-state index < -0.39 is 15.1 Å². The van der Waals surface area contributed by atoms with Gasteiger partial charge in [0.1, 0.15) is 0 Å². The fourth-order valence-corrected chi connectivity index (χ4v) is 1.22. The lowest BCUT2D eigenvalue weighted by atomic mass is 10.2. The molecule has 0 aliphatic carbocycles. The average Bonchev–Trinajstić information content (AvgIpc) is 2.03. The number of hydrogen-bond acceptors (Lipinski definition) is 3. The first-order valence-electron chi connectivity index (χ1n) is 2.97. The van der Waals surface area contributed by atoms with Crippen LogP contribution in [0.25, 0.3) is 0 Å². The van der Waals surface area contributed by atoms with E-state index in [1.54, 1.807) is 0 Å². The second-order valence-corrected chi connectivity index (χ2v) is 3.41. The molecule has 5 heteroatoms. The summed E-state index contributed by atoms with van der Waals surface area (Å²) in [6.07, 6.45) is 1.46. The third-order valence-corrected chi connectivity index (χ3v) is 2.05. The molecule has 0 atom stereocenters. The molecule has 1 rings (SSSR count). The fourth-order valence-electron chi connectivity index (χ4n) is 0.711. The highest BCUT2D eigenvalue weighted by Crippen LogP contribution is 2.12. The van der Waals surface area contributed by atoms with Crippen LogP contribution in [0, 0.1) is 0 Å². The largest absolute Gasteiger partial charge is 0.332 e. The van der Waals surface area contributed by atoms with E-state index in [1.165, 1.54) is 18.4 Å². The Morgan fingerprint density at radius 1 is 1.33 bits per heavy atom. The van der Waals surface area contributed by atoms with E-state index in [0.717, 1.165) is 12.1 Å². The van der Waals surface area contributed by atoms with Gasteiger partial charge in [0.15, 0.2) is 0 Å². The Hall–Kier alpha value is -1.23. The van der Waals surface area contributed by atoms with Gasteiger partial charge in [-0.2, -0.15) is 8.42 Å². The number of benzene rings is 1. The van der Waals surface area contributed by atoms with Gasteiger partial charge < -0.3 is 0 Å². The van der Waals surface area contributed by atoms with Crippen molar-refractivity contribution in [1.82, 2.24) is 0 Å². The normalized spacial score (nSPS) is 11.1. The summed E-state index contributed by atoms with van der Waals surface area (Å²) in [5, 5.41) is 0. The molecule has 0 amide bonds. The minimum Gasteiger partial charge on any atom is -0.285 e. The summed E-state index contributed by atoms with van der Waals surface area (Å²) in [4.78, 5) is 9.52. The second-order valence-electron chi connectivity index (χ2n) is 2.07. The average molecular weight is 187 g/mol. The Bertz CT molecular complexity index is 397. The van der Waals surface area contributed by atoms with E-state index in [1.807, 2.05) is 0 Å². The topological polar surface area (TPSA) is 51.2 Å². The maximum absolute atomic E-state index is 12.3. The lowest BCUT2D eigenvalue weighted by Crippen LogP contribution is -1.92. The summed E-state index contributed by atoms with van der Waals surface area (Å²) >= 11 is 0. The van der Waals surface area contributed by atoms with Crippen LogP contribution in [0.3, 0.4) is 0 Å². The van der Waals surface area contributed by atoms with Crippen molar-refractivity contribution >= 4 is 16.5 Å². The van der Waals surface area contributed by atoms with Gasteiger partial charge in [-0.1, -0.05) is 12.1 Å². The second kappa shape index (κ2) is 3.02. The van der Waals surface area contributed by atoms with Gasteiger partial charge >= 0.3 is 10.2 Å². The Balaban J connectivity index is 3.29. The van der Waals surface area contributed by atoms with Gasteiger partial charge in [0, 0.05) is 5.56 Å². The summed E-state index contributed by atoms with van der Waals surface area (Å²) in [6, 6.07) is 4.59. The van der Waals surface area contributed by atoms with Crippen molar-refractivity contribution in [3.8, 4) is 0 Å². The predicted molar refractivity (Wildman–Crippen MR) is 39.5 cm³/mol. The van der Waals surface area contributed by atoms with E-state index >= 15 is 0 Å². The first-order chi connectivity index (χ1) is 5.54. The fraction of sp³-hybridized carbons (Fsp3) is 0. The van der Waals surface area contributed by atoms with Crippen molar-refractivity contribution in [2.24, 2.45) is 0 Å². The third-order valence-electron chi connectivity index (χ3n) is 1.23. The standard InChI is InChI=1S/C7H4FO3S/c8-12(10,11)7-3-1-2-6(4-7)5-9/h1-4H. The molecule has 12 heavy (non-hydrogen) atoms. The highest BCUT2D eigenvalue weighted by Gasteiger charge is 2.11. The van der Waals surface area contributed by atoms with Crippen molar-refractivity contribution in [3.63, 3.8) is 0 Å². The molecule has 3 nitrogen and oxygen atoms in total. The van der Waals surface area contributed by atoms with Crippen LogP contribution in [0.2, 0.25) is 0 Å². The molecule has 0 spiro atoms. The van der Waals surface area contributed by atoms with Gasteiger partial charge in [-0.25, -0.2) is 0 Å². The highest BCUT2D eigenvalue weighted by atomic mass is 32.3. The maximum Gasteiger partial charge on any atom is 0.332 e. The Kier molecular flexibility index (Phi) is 2.23. The van der Waals surface area contributed by atoms with Gasteiger partial charge in [0.05, 0.1) is 4.90 Å². The Morgan fingerprint density at radius 3 is 2.50 bits per heavy atom. The van der Waals surface area contributed by atoms with Gasteiger partial charge in [-0.3, -0.25) is 4.79 Å². The van der Waals surface area contributed by atoms with E-state index in [9.17, 15) is 17.1 Å². The van der Waals surface area contributed by atoms with Crippen molar-refractivity contribution in [2.45, 2.75) is 4.90 Å². The number of halogens is 1. The van der Waals surface area contributed by atoms with Crippen molar-refractivity contribution in [2.75, 3.05) is 0 Å². The quantitative estimate of drug-likeness (QED) is 0.643. The van der Waals surface area contributed by atoms with Gasteiger partial charge in [0.25, 0.3) is 0 Å². The van der Waals surface area contributed by atoms with Crippen molar-refractivity contribution < 1.29 is 17.1 Å². The zero-order valence-electron chi connectivity index (χ0n) is 5.82. The minimum atomic E-state index is -4.71. The zero-order valence-corrected chi connectivity index (χ0v) is 6.64.